The second-order valence-electron chi connectivity index (χ2n) is 5.92. The van der Waals surface area contributed by atoms with Crippen molar-refractivity contribution in [3.8, 4) is 0 Å². The molecule has 0 unspecified atom stereocenters. The van der Waals surface area contributed by atoms with Gasteiger partial charge in [-0.25, -0.2) is 0 Å². The molecule has 0 bridgehead atoms. The predicted molar refractivity (Wildman–Crippen MR) is 99.6 cm³/mol. The number of hydrogen-bond donors (Lipinski definition) is 1. The van der Waals surface area contributed by atoms with E-state index in [1.54, 1.807) is 0 Å². The van der Waals surface area contributed by atoms with Crippen LogP contribution in [0.4, 0.5) is 0 Å². The van der Waals surface area contributed by atoms with Gasteiger partial charge < -0.3 is 4.74 Å². The van der Waals surface area contributed by atoms with Crippen molar-refractivity contribution in [2.75, 3.05) is 12.4 Å². The molecule has 0 aromatic carbocycles. The number of carbonyl (C=O) groups excluding carboxylic acids is 1. The molecule has 0 radical (unpaired) electrons. The summed E-state index contributed by atoms with van der Waals surface area (Å²) in [5.41, 5.74) is 0. The Morgan fingerprint density at radius 3 is 2.00 bits per heavy atom. The average Bonchev–Trinajstić information content (AvgIpc) is 2.53. The first-order chi connectivity index (χ1) is 10.8. The van der Waals surface area contributed by atoms with Crippen LogP contribution >= 0.6 is 12.6 Å². The number of ether oxygens (including phenoxy) is 1. The van der Waals surface area contributed by atoms with Gasteiger partial charge in [-0.15, -0.1) is 0 Å². The molecule has 2 nitrogen and oxygen atoms in total. The summed E-state index contributed by atoms with van der Waals surface area (Å²) in [6.45, 7) is 2.69. The highest BCUT2D eigenvalue weighted by molar-refractivity contribution is 7.80. The molecular weight excluding hydrogens is 292 g/mol. The number of rotatable bonds is 16. The molecule has 0 aliphatic carbocycles. The van der Waals surface area contributed by atoms with Gasteiger partial charge in [0.25, 0.3) is 0 Å². The Bertz CT molecular complexity index is 264. The van der Waals surface area contributed by atoms with Crippen LogP contribution in [0.15, 0.2) is 12.2 Å². The van der Waals surface area contributed by atoms with Gasteiger partial charge in [-0.3, -0.25) is 4.79 Å². The van der Waals surface area contributed by atoms with Gasteiger partial charge in [0.1, 0.15) is 6.61 Å². The van der Waals surface area contributed by atoms with E-state index in [0.29, 0.717) is 18.8 Å². The van der Waals surface area contributed by atoms with Gasteiger partial charge in [-0.1, -0.05) is 64.0 Å². The standard InChI is InChI=1S/C19H36O2S/c1-2-3-4-5-6-7-8-9-10-11-12-13-14-15-16-19(20)21-17-18-22/h6-7,22H,2-5,8-18H2,1H3/b7-6+. The van der Waals surface area contributed by atoms with E-state index < -0.39 is 0 Å². The third kappa shape index (κ3) is 17.6. The average molecular weight is 329 g/mol. The zero-order valence-corrected chi connectivity index (χ0v) is 15.4. The van der Waals surface area contributed by atoms with Crippen molar-refractivity contribution >= 4 is 18.6 Å². The maximum atomic E-state index is 11.3. The molecule has 0 saturated heterocycles. The number of hydrogen-bond acceptors (Lipinski definition) is 3. The van der Waals surface area contributed by atoms with Crippen LogP contribution in [0.2, 0.25) is 0 Å². The number of thiol groups is 1. The maximum absolute atomic E-state index is 11.3. The third-order valence-corrected chi connectivity index (χ3v) is 3.93. The fraction of sp³-hybridized carbons (Fsp3) is 0.842. The van der Waals surface area contributed by atoms with Crippen LogP contribution in [0.25, 0.3) is 0 Å². The van der Waals surface area contributed by atoms with Gasteiger partial charge in [0.2, 0.25) is 0 Å². The molecule has 0 aromatic heterocycles. The third-order valence-electron chi connectivity index (χ3n) is 3.75. The molecule has 0 saturated carbocycles. The van der Waals surface area contributed by atoms with E-state index >= 15 is 0 Å². The number of esters is 1. The summed E-state index contributed by atoms with van der Waals surface area (Å²) in [5, 5.41) is 0. The van der Waals surface area contributed by atoms with E-state index in [1.165, 1.54) is 64.2 Å². The molecule has 0 amide bonds. The Hall–Kier alpha value is -0.440. The van der Waals surface area contributed by atoms with Gasteiger partial charge >= 0.3 is 5.97 Å². The Labute approximate surface area is 143 Å². The Morgan fingerprint density at radius 2 is 1.41 bits per heavy atom. The molecule has 0 aliphatic heterocycles. The Morgan fingerprint density at radius 1 is 0.864 bits per heavy atom. The number of unbranched alkanes of at least 4 members (excludes halogenated alkanes) is 10. The fourth-order valence-corrected chi connectivity index (χ4v) is 2.49. The summed E-state index contributed by atoms with van der Waals surface area (Å²) in [6, 6.07) is 0. The molecule has 22 heavy (non-hydrogen) atoms. The summed E-state index contributed by atoms with van der Waals surface area (Å²) in [7, 11) is 0. The van der Waals surface area contributed by atoms with Gasteiger partial charge in [-0.05, 0) is 32.1 Å². The second kappa shape index (κ2) is 18.6. The van der Waals surface area contributed by atoms with E-state index in [9.17, 15) is 4.79 Å². The van der Waals surface area contributed by atoms with E-state index in [0.717, 1.165) is 12.8 Å². The van der Waals surface area contributed by atoms with Gasteiger partial charge in [0, 0.05) is 12.2 Å². The minimum Gasteiger partial charge on any atom is -0.465 e. The zero-order chi connectivity index (χ0) is 16.3. The van der Waals surface area contributed by atoms with E-state index in [2.05, 4.69) is 31.7 Å². The first-order valence-corrected chi connectivity index (χ1v) is 9.86. The van der Waals surface area contributed by atoms with Crippen molar-refractivity contribution in [3.05, 3.63) is 12.2 Å². The van der Waals surface area contributed by atoms with Crippen molar-refractivity contribution in [2.45, 2.75) is 90.4 Å². The summed E-state index contributed by atoms with van der Waals surface area (Å²) < 4.78 is 4.98. The summed E-state index contributed by atoms with van der Waals surface area (Å²) in [5.74, 6) is 0.541. The quantitative estimate of drug-likeness (QED) is 0.160. The number of carbonyl (C=O) groups is 1. The van der Waals surface area contributed by atoms with Crippen molar-refractivity contribution in [1.82, 2.24) is 0 Å². The lowest BCUT2D eigenvalue weighted by atomic mass is 10.1. The minimum absolute atomic E-state index is 0.0697. The first-order valence-electron chi connectivity index (χ1n) is 9.22. The SMILES string of the molecule is CCCCC/C=C/CCCCCCCCCC(=O)OCCS. The first kappa shape index (κ1) is 21.6. The normalized spacial score (nSPS) is 11.2. The molecular formula is C19H36O2S. The lowest BCUT2D eigenvalue weighted by Crippen LogP contribution is -2.06. The number of allylic oxidation sites excluding steroid dienone is 2. The van der Waals surface area contributed by atoms with Crippen molar-refractivity contribution in [3.63, 3.8) is 0 Å². The fourth-order valence-electron chi connectivity index (χ4n) is 2.39. The molecule has 0 atom stereocenters. The molecule has 3 heteroatoms. The monoisotopic (exact) mass is 328 g/mol. The van der Waals surface area contributed by atoms with E-state index in [1.807, 2.05) is 0 Å². The van der Waals surface area contributed by atoms with Crippen molar-refractivity contribution in [2.24, 2.45) is 0 Å². The zero-order valence-electron chi connectivity index (χ0n) is 14.5. The second-order valence-corrected chi connectivity index (χ2v) is 6.37. The summed E-state index contributed by atoms with van der Waals surface area (Å²) >= 11 is 4.01. The van der Waals surface area contributed by atoms with E-state index in [4.69, 9.17) is 4.74 Å². The van der Waals surface area contributed by atoms with Crippen LogP contribution in [0.5, 0.6) is 0 Å². The molecule has 0 fully saturated rings. The summed E-state index contributed by atoms with van der Waals surface area (Å²) in [6.07, 6.45) is 20.4. The van der Waals surface area contributed by atoms with Crippen LogP contribution in [0.1, 0.15) is 90.4 Å². The van der Waals surface area contributed by atoms with Crippen LogP contribution in [0.3, 0.4) is 0 Å². The van der Waals surface area contributed by atoms with Crippen LogP contribution in [-0.4, -0.2) is 18.3 Å². The minimum atomic E-state index is -0.0697. The largest absolute Gasteiger partial charge is 0.465 e. The topological polar surface area (TPSA) is 26.3 Å². The van der Waals surface area contributed by atoms with Crippen molar-refractivity contribution in [1.29, 1.82) is 0 Å². The lowest BCUT2D eigenvalue weighted by molar-refractivity contribution is -0.143. The van der Waals surface area contributed by atoms with Gasteiger partial charge in [-0.2, -0.15) is 12.6 Å². The van der Waals surface area contributed by atoms with E-state index in [-0.39, 0.29) is 5.97 Å². The Balaban J connectivity index is 3.12. The molecule has 0 rings (SSSR count). The highest BCUT2D eigenvalue weighted by atomic mass is 32.1. The van der Waals surface area contributed by atoms with Crippen molar-refractivity contribution < 1.29 is 9.53 Å². The lowest BCUT2D eigenvalue weighted by Gasteiger charge is -2.03. The molecule has 130 valence electrons. The molecule has 0 aliphatic rings. The smallest absolute Gasteiger partial charge is 0.305 e. The Kier molecular flexibility index (Phi) is 18.2. The van der Waals surface area contributed by atoms with Gasteiger partial charge in [0.15, 0.2) is 0 Å². The van der Waals surface area contributed by atoms with Gasteiger partial charge in [0.05, 0.1) is 0 Å². The van der Waals surface area contributed by atoms with Crippen LogP contribution < -0.4 is 0 Å². The predicted octanol–water partition coefficient (Wildman–Crippen LogP) is 6.11. The highest BCUT2D eigenvalue weighted by Crippen LogP contribution is 2.10. The van der Waals surface area contributed by atoms with Crippen LogP contribution in [0, 0.1) is 0 Å². The molecule has 0 N–H and O–H groups in total. The molecule has 0 aromatic rings. The van der Waals surface area contributed by atoms with Crippen LogP contribution in [-0.2, 0) is 9.53 Å². The summed E-state index contributed by atoms with van der Waals surface area (Å²) in [4.78, 5) is 11.3. The molecule has 0 heterocycles. The highest BCUT2D eigenvalue weighted by Gasteiger charge is 2.01. The maximum Gasteiger partial charge on any atom is 0.305 e. The molecule has 0 spiro atoms.